The van der Waals surface area contributed by atoms with Gasteiger partial charge in [0.25, 0.3) is 0 Å². The predicted molar refractivity (Wildman–Crippen MR) is 99.1 cm³/mol. The number of benzene rings is 2. The van der Waals surface area contributed by atoms with Crippen LogP contribution in [0.3, 0.4) is 0 Å². The zero-order valence-corrected chi connectivity index (χ0v) is 18.4. The maximum Gasteiger partial charge on any atom is 2.00 e. The summed E-state index contributed by atoms with van der Waals surface area (Å²) in [5, 5.41) is 0. The van der Waals surface area contributed by atoms with Crippen molar-refractivity contribution in [2.75, 3.05) is 20.1 Å². The van der Waals surface area contributed by atoms with Crippen molar-refractivity contribution in [2.45, 2.75) is 25.1 Å². The van der Waals surface area contributed by atoms with Gasteiger partial charge < -0.3 is 33.5 Å². The van der Waals surface area contributed by atoms with Crippen LogP contribution in [-0.2, 0) is 6.18 Å². The molecule has 0 aliphatic heterocycles. The van der Waals surface area contributed by atoms with Gasteiger partial charge in [0.05, 0.1) is 5.56 Å². The molecule has 144 valence electrons. The third-order valence-corrected chi connectivity index (χ3v) is 3.94. The molecule has 0 bridgehead atoms. The minimum Gasteiger partial charge on any atom is -1.00 e. The van der Waals surface area contributed by atoms with Gasteiger partial charge in [-0.05, 0) is 43.4 Å². The molecule has 0 fully saturated rings. The summed E-state index contributed by atoms with van der Waals surface area (Å²) in [6.45, 7) is 5.55. The van der Waals surface area contributed by atoms with E-state index >= 15 is 0 Å². The first-order valence-corrected chi connectivity index (χ1v) is 8.27. The Kier molecular flexibility index (Phi) is 12.3. The van der Waals surface area contributed by atoms with Crippen molar-refractivity contribution in [3.8, 4) is 5.75 Å². The van der Waals surface area contributed by atoms with Crippen LogP contribution in [0.2, 0.25) is 0 Å². The van der Waals surface area contributed by atoms with E-state index in [1.807, 2.05) is 37.4 Å². The summed E-state index contributed by atoms with van der Waals surface area (Å²) < 4.78 is 44.0. The molecule has 7 heteroatoms. The van der Waals surface area contributed by atoms with Crippen molar-refractivity contribution < 1.29 is 34.9 Å². The molecule has 27 heavy (non-hydrogen) atoms. The molecule has 0 spiro atoms. The number of rotatable bonds is 8. The number of ether oxygens (including phenoxy) is 1. The molecule has 0 saturated heterocycles. The van der Waals surface area contributed by atoms with E-state index in [0.717, 1.165) is 43.6 Å². The van der Waals surface area contributed by atoms with Gasteiger partial charge in [0.1, 0.15) is 11.9 Å². The second-order valence-corrected chi connectivity index (χ2v) is 5.98. The topological polar surface area (TPSA) is 12.5 Å². The molecule has 2 aromatic carbocycles. The predicted octanol–water partition coefficient (Wildman–Crippen LogP) is 1.99. The molecule has 0 radical (unpaired) electrons. The normalized spacial score (nSPS) is 12.1. The Morgan fingerprint density at radius 3 is 2.11 bits per heavy atom. The third-order valence-electron chi connectivity index (χ3n) is 3.94. The Balaban J connectivity index is 0.00000338. The molecule has 1 atom stereocenters. The fourth-order valence-corrected chi connectivity index (χ4v) is 2.57. The van der Waals surface area contributed by atoms with Gasteiger partial charge in [0, 0.05) is 13.0 Å². The molecule has 0 heterocycles. The summed E-state index contributed by atoms with van der Waals surface area (Å²) in [4.78, 5) is 2.17. The fourth-order valence-electron chi connectivity index (χ4n) is 2.57. The van der Waals surface area contributed by atoms with Gasteiger partial charge in [-0.15, -0.1) is 0 Å². The maximum absolute atomic E-state index is 12.7. The minimum atomic E-state index is -4.34. The summed E-state index contributed by atoms with van der Waals surface area (Å²) in [5.41, 5.74) is 0.330. The number of alkyl halides is 3. The van der Waals surface area contributed by atoms with E-state index in [2.05, 4.69) is 11.8 Å². The first-order chi connectivity index (χ1) is 11.9. The van der Waals surface area contributed by atoms with Gasteiger partial charge >= 0.3 is 29.2 Å². The number of halogens is 4. The van der Waals surface area contributed by atoms with E-state index in [1.165, 1.54) is 12.1 Å². The van der Waals surface area contributed by atoms with Gasteiger partial charge in [-0.2, -0.15) is 19.6 Å². The van der Waals surface area contributed by atoms with Crippen molar-refractivity contribution in [1.82, 2.24) is 4.90 Å². The number of nitrogens with zero attached hydrogens (tertiary/aromatic N) is 1. The summed E-state index contributed by atoms with van der Waals surface area (Å²) in [5.74, 6) is 0.432. The first kappa shape index (κ1) is 26.2. The van der Waals surface area contributed by atoms with Crippen molar-refractivity contribution in [1.29, 1.82) is 0 Å². The van der Waals surface area contributed by atoms with E-state index < -0.39 is 11.7 Å². The maximum atomic E-state index is 12.7. The Morgan fingerprint density at radius 1 is 1.00 bits per heavy atom. The molecule has 0 N–H and O–H groups in total. The minimum absolute atomic E-state index is 0. The average Bonchev–Trinajstić information content (AvgIpc) is 2.59. The van der Waals surface area contributed by atoms with Crippen LogP contribution in [0.1, 0.15) is 30.1 Å². The molecule has 0 saturated carbocycles. The molecular weight excluding hydrogens is 431 g/mol. The molecule has 2 nitrogen and oxygen atoms in total. The van der Waals surface area contributed by atoms with Crippen molar-refractivity contribution in [2.24, 2.45) is 0 Å². The second-order valence-electron chi connectivity index (χ2n) is 5.98. The van der Waals surface area contributed by atoms with Crippen LogP contribution in [0.5, 0.6) is 5.75 Å². The summed E-state index contributed by atoms with van der Waals surface area (Å²) in [6.07, 6.45) is -2.99. The van der Waals surface area contributed by atoms with E-state index in [0.29, 0.717) is 5.75 Å². The zero-order chi connectivity index (χ0) is 18.3. The molecule has 1 unspecified atom stereocenters. The molecule has 2 rings (SSSR count). The second kappa shape index (κ2) is 12.6. The molecular formula is C20H23BrF3MgNO. The van der Waals surface area contributed by atoms with Gasteiger partial charge in [0.2, 0.25) is 0 Å². The monoisotopic (exact) mass is 453 g/mol. The average molecular weight is 455 g/mol. The van der Waals surface area contributed by atoms with Gasteiger partial charge in [-0.3, -0.25) is 0 Å². The SMILES string of the molecule is [Br-].[CH2-]CCN(C)CCC(Oc1ccc(C(F)(F)F)cc1)c1ccccc1.[Mg+2]. The van der Waals surface area contributed by atoms with Gasteiger partial charge in [-0.1, -0.05) is 30.3 Å². The third kappa shape index (κ3) is 8.85. The van der Waals surface area contributed by atoms with Gasteiger partial charge in [-0.25, -0.2) is 0 Å². The quantitative estimate of drug-likeness (QED) is 0.447. The number of hydrogen-bond donors (Lipinski definition) is 0. The van der Waals surface area contributed by atoms with Crippen LogP contribution in [0.15, 0.2) is 54.6 Å². The Labute approximate surface area is 186 Å². The Bertz CT molecular complexity index is 638. The fraction of sp³-hybridized carbons (Fsp3) is 0.350. The standard InChI is InChI=1S/C20H23F3NO.BrH.Mg/c1-3-14-24(2)15-13-19(16-7-5-4-6-8-16)25-18-11-9-17(10-12-18)20(21,22)23;;/h4-12,19H,1,3,13-15H2,2H3;1H;/q-1;;+2/p-1. The summed E-state index contributed by atoms with van der Waals surface area (Å²) >= 11 is 0. The van der Waals surface area contributed by atoms with E-state index in [9.17, 15) is 13.2 Å². The zero-order valence-electron chi connectivity index (χ0n) is 15.4. The van der Waals surface area contributed by atoms with E-state index in [1.54, 1.807) is 0 Å². The van der Waals surface area contributed by atoms with E-state index in [4.69, 9.17) is 4.74 Å². The van der Waals surface area contributed by atoms with Crippen molar-refractivity contribution in [3.63, 3.8) is 0 Å². The molecule has 0 aliphatic carbocycles. The molecule has 0 amide bonds. The smallest absolute Gasteiger partial charge is 1.00 e. The van der Waals surface area contributed by atoms with Crippen LogP contribution in [0.4, 0.5) is 13.2 Å². The van der Waals surface area contributed by atoms with Crippen molar-refractivity contribution >= 4 is 23.1 Å². The van der Waals surface area contributed by atoms with Crippen LogP contribution in [-0.4, -0.2) is 48.1 Å². The van der Waals surface area contributed by atoms with Crippen LogP contribution in [0, 0.1) is 6.92 Å². The summed E-state index contributed by atoms with van der Waals surface area (Å²) in [7, 11) is 2.02. The Morgan fingerprint density at radius 2 is 1.59 bits per heavy atom. The Hall–Kier alpha value is -0.764. The largest absolute Gasteiger partial charge is 2.00 e. The molecule has 2 aromatic rings. The molecule has 0 aliphatic rings. The van der Waals surface area contributed by atoms with E-state index in [-0.39, 0.29) is 46.1 Å². The first-order valence-electron chi connectivity index (χ1n) is 8.27. The summed E-state index contributed by atoms with van der Waals surface area (Å²) in [6, 6.07) is 14.6. The van der Waals surface area contributed by atoms with Crippen LogP contribution in [0.25, 0.3) is 0 Å². The van der Waals surface area contributed by atoms with Gasteiger partial charge in [0.15, 0.2) is 0 Å². The number of hydrogen-bond acceptors (Lipinski definition) is 2. The molecule has 0 aromatic heterocycles. The van der Waals surface area contributed by atoms with Crippen molar-refractivity contribution in [3.05, 3.63) is 72.6 Å². The van der Waals surface area contributed by atoms with Crippen LogP contribution >= 0.6 is 0 Å². The van der Waals surface area contributed by atoms with Crippen LogP contribution < -0.4 is 21.7 Å².